The van der Waals surface area contributed by atoms with Gasteiger partial charge in [0, 0.05) is 42.4 Å². The molecular weight excluding hydrogens is 346 g/mol. The van der Waals surface area contributed by atoms with Crippen molar-refractivity contribution in [2.45, 2.75) is 19.4 Å². The average Bonchev–Trinajstić information content (AvgIpc) is 3.21. The molecule has 0 spiro atoms. The van der Waals surface area contributed by atoms with E-state index in [1.165, 1.54) is 12.8 Å². The lowest BCUT2D eigenvalue weighted by molar-refractivity contribution is 0.932. The van der Waals surface area contributed by atoms with E-state index >= 15 is 0 Å². The number of fused-ring (bicyclic) bond motifs is 1. The number of nitriles is 1. The van der Waals surface area contributed by atoms with E-state index in [0.29, 0.717) is 17.1 Å². The summed E-state index contributed by atoms with van der Waals surface area (Å²) < 4.78 is 0. The summed E-state index contributed by atoms with van der Waals surface area (Å²) in [5.74, 6) is 1.03. The molecule has 5 nitrogen and oxygen atoms in total. The number of anilines is 2. The number of hydrogen-bond acceptors (Lipinski definition) is 5. The molecule has 3 aromatic rings. The maximum Gasteiger partial charge on any atom is 0.128 e. The predicted octanol–water partition coefficient (Wildman–Crippen LogP) is 4.37. The first kappa shape index (κ1) is 16.6. The van der Waals surface area contributed by atoms with Gasteiger partial charge >= 0.3 is 0 Å². The highest BCUT2D eigenvalue weighted by Crippen LogP contribution is 2.28. The van der Waals surface area contributed by atoms with E-state index in [-0.39, 0.29) is 0 Å². The van der Waals surface area contributed by atoms with Crippen LogP contribution in [-0.4, -0.2) is 23.1 Å². The molecule has 1 fully saturated rings. The average molecular weight is 364 g/mol. The Kier molecular flexibility index (Phi) is 4.59. The summed E-state index contributed by atoms with van der Waals surface area (Å²) in [7, 11) is 0. The minimum atomic E-state index is 0.501. The number of pyridine rings is 2. The second-order valence-electron chi connectivity index (χ2n) is 6.39. The van der Waals surface area contributed by atoms with Crippen LogP contribution in [0.2, 0.25) is 5.02 Å². The molecule has 1 aliphatic rings. The molecule has 2 aromatic heterocycles. The Labute approximate surface area is 157 Å². The molecule has 0 aliphatic carbocycles. The third-order valence-electron chi connectivity index (χ3n) is 4.66. The highest BCUT2D eigenvalue weighted by Gasteiger charge is 2.13. The number of nitrogens with zero attached hydrogens (tertiary/aromatic N) is 4. The van der Waals surface area contributed by atoms with E-state index in [2.05, 4.69) is 38.4 Å². The highest BCUT2D eigenvalue weighted by molar-refractivity contribution is 6.31. The van der Waals surface area contributed by atoms with Crippen LogP contribution in [0.4, 0.5) is 11.5 Å². The van der Waals surface area contributed by atoms with Crippen LogP contribution in [0.5, 0.6) is 0 Å². The van der Waals surface area contributed by atoms with Crippen LogP contribution < -0.4 is 10.2 Å². The molecule has 0 radical (unpaired) electrons. The van der Waals surface area contributed by atoms with Crippen molar-refractivity contribution < 1.29 is 0 Å². The Bertz CT molecular complexity index is 972. The van der Waals surface area contributed by atoms with Crippen molar-refractivity contribution in [1.82, 2.24) is 9.97 Å². The fourth-order valence-corrected chi connectivity index (χ4v) is 3.46. The number of rotatable bonds is 4. The summed E-state index contributed by atoms with van der Waals surface area (Å²) in [6, 6.07) is 11.8. The van der Waals surface area contributed by atoms with Crippen LogP contribution in [0, 0.1) is 11.3 Å². The maximum atomic E-state index is 9.42. The summed E-state index contributed by atoms with van der Waals surface area (Å²) in [5.41, 5.74) is 3.12. The molecule has 4 rings (SSSR count). The second-order valence-corrected chi connectivity index (χ2v) is 6.83. The quantitative estimate of drug-likeness (QED) is 0.745. The molecule has 1 aromatic carbocycles. The van der Waals surface area contributed by atoms with E-state index < -0.39 is 0 Å². The van der Waals surface area contributed by atoms with Gasteiger partial charge in [0.15, 0.2) is 0 Å². The van der Waals surface area contributed by atoms with Crippen LogP contribution in [0.15, 0.2) is 42.7 Å². The summed E-state index contributed by atoms with van der Waals surface area (Å²) in [4.78, 5) is 11.2. The van der Waals surface area contributed by atoms with Crippen molar-refractivity contribution in [2.24, 2.45) is 0 Å². The predicted molar refractivity (Wildman–Crippen MR) is 104 cm³/mol. The lowest BCUT2D eigenvalue weighted by atomic mass is 10.1. The molecule has 130 valence electrons. The maximum absolute atomic E-state index is 9.42. The first-order chi connectivity index (χ1) is 12.7. The SMILES string of the molecule is N#Cc1cnc2ccc(Cl)cc2c1NCc1ccc(N2CCCC2)nc1. The van der Waals surface area contributed by atoms with Crippen molar-refractivity contribution in [3.05, 3.63) is 58.9 Å². The van der Waals surface area contributed by atoms with Crippen LogP contribution in [-0.2, 0) is 6.54 Å². The topological polar surface area (TPSA) is 64.8 Å². The monoisotopic (exact) mass is 363 g/mol. The zero-order chi connectivity index (χ0) is 17.9. The van der Waals surface area contributed by atoms with Crippen molar-refractivity contribution >= 4 is 34.0 Å². The smallest absolute Gasteiger partial charge is 0.128 e. The van der Waals surface area contributed by atoms with Crippen LogP contribution >= 0.6 is 11.6 Å². The van der Waals surface area contributed by atoms with Gasteiger partial charge in [-0.3, -0.25) is 4.98 Å². The van der Waals surface area contributed by atoms with Crippen molar-refractivity contribution in [1.29, 1.82) is 5.26 Å². The summed E-state index contributed by atoms with van der Waals surface area (Å²) in [6.07, 6.45) is 5.95. The minimum Gasteiger partial charge on any atom is -0.379 e. The molecule has 0 bridgehead atoms. The zero-order valence-electron chi connectivity index (χ0n) is 14.2. The highest BCUT2D eigenvalue weighted by atomic mass is 35.5. The van der Waals surface area contributed by atoms with Gasteiger partial charge in [0.25, 0.3) is 0 Å². The molecule has 6 heteroatoms. The molecule has 0 unspecified atom stereocenters. The van der Waals surface area contributed by atoms with Gasteiger partial charge in [0.2, 0.25) is 0 Å². The molecule has 26 heavy (non-hydrogen) atoms. The number of nitrogens with one attached hydrogen (secondary N) is 1. The summed E-state index contributed by atoms with van der Waals surface area (Å²) in [6.45, 7) is 2.74. The summed E-state index contributed by atoms with van der Waals surface area (Å²) >= 11 is 6.13. The van der Waals surface area contributed by atoms with Gasteiger partial charge in [-0.25, -0.2) is 4.98 Å². The van der Waals surface area contributed by atoms with Crippen LogP contribution in [0.3, 0.4) is 0 Å². The van der Waals surface area contributed by atoms with Gasteiger partial charge in [0.1, 0.15) is 11.9 Å². The van der Waals surface area contributed by atoms with Crippen molar-refractivity contribution in [3.8, 4) is 6.07 Å². The third-order valence-corrected chi connectivity index (χ3v) is 4.89. The minimum absolute atomic E-state index is 0.501. The normalized spacial score (nSPS) is 13.8. The Balaban J connectivity index is 1.57. The number of halogens is 1. The molecule has 0 amide bonds. The van der Waals surface area contributed by atoms with Gasteiger partial charge in [-0.15, -0.1) is 0 Å². The first-order valence-electron chi connectivity index (χ1n) is 8.67. The largest absolute Gasteiger partial charge is 0.379 e. The van der Waals surface area contributed by atoms with Crippen LogP contribution in [0.25, 0.3) is 10.9 Å². The molecule has 0 saturated carbocycles. The molecule has 1 saturated heterocycles. The fraction of sp³-hybridized carbons (Fsp3) is 0.250. The fourth-order valence-electron chi connectivity index (χ4n) is 3.29. The van der Waals surface area contributed by atoms with E-state index in [1.807, 2.05) is 18.3 Å². The van der Waals surface area contributed by atoms with E-state index in [4.69, 9.17) is 11.6 Å². The zero-order valence-corrected chi connectivity index (χ0v) is 15.0. The van der Waals surface area contributed by atoms with Crippen molar-refractivity contribution in [3.63, 3.8) is 0 Å². The number of hydrogen-bond donors (Lipinski definition) is 1. The third kappa shape index (κ3) is 3.29. The number of benzene rings is 1. The summed E-state index contributed by atoms with van der Waals surface area (Å²) in [5, 5.41) is 14.3. The van der Waals surface area contributed by atoms with E-state index in [0.717, 1.165) is 41.1 Å². The van der Waals surface area contributed by atoms with Gasteiger partial charge < -0.3 is 10.2 Å². The van der Waals surface area contributed by atoms with Gasteiger partial charge in [-0.1, -0.05) is 17.7 Å². The molecule has 1 N–H and O–H groups in total. The van der Waals surface area contributed by atoms with Crippen LogP contribution in [0.1, 0.15) is 24.0 Å². The molecular formula is C20H18ClN5. The van der Waals surface area contributed by atoms with E-state index in [1.54, 1.807) is 12.3 Å². The first-order valence-corrected chi connectivity index (χ1v) is 9.04. The Morgan fingerprint density at radius 3 is 2.69 bits per heavy atom. The number of aromatic nitrogens is 2. The molecule has 1 aliphatic heterocycles. The Hall–Kier alpha value is -2.84. The Morgan fingerprint density at radius 1 is 1.12 bits per heavy atom. The lowest BCUT2D eigenvalue weighted by Gasteiger charge is -2.16. The van der Waals surface area contributed by atoms with Gasteiger partial charge in [0.05, 0.1) is 16.8 Å². The molecule has 0 atom stereocenters. The van der Waals surface area contributed by atoms with Gasteiger partial charge in [-0.05, 0) is 42.7 Å². The second kappa shape index (κ2) is 7.19. The van der Waals surface area contributed by atoms with Crippen molar-refractivity contribution in [2.75, 3.05) is 23.3 Å². The Morgan fingerprint density at radius 2 is 1.96 bits per heavy atom. The lowest BCUT2D eigenvalue weighted by Crippen LogP contribution is -2.18. The van der Waals surface area contributed by atoms with Gasteiger partial charge in [-0.2, -0.15) is 5.26 Å². The molecule has 3 heterocycles. The van der Waals surface area contributed by atoms with E-state index in [9.17, 15) is 5.26 Å². The standard InChI is InChI=1S/C20H18ClN5/c21-16-4-5-18-17(9-16)20(15(10-22)13-23-18)25-12-14-3-6-19(24-11-14)26-7-1-2-8-26/h3-6,9,11,13H,1-2,7-8,12H2,(H,23,25).